The number of aromatic nitrogens is 2. The standard InChI is InChI=1S/C26H34N6O/c1-19-23(20(2)32(30-19)17-21-10-6-5-7-11-21)16-28-26(27-3)29-22-14-15-31(18-22)24-12-8-9-13-25(24)33-4/h5-13,22H,14-18H2,1-4H3,(H2,27,28,29). The molecule has 0 aliphatic carbocycles. The van der Waals surface area contributed by atoms with Gasteiger partial charge in [0.15, 0.2) is 5.96 Å². The van der Waals surface area contributed by atoms with E-state index in [0.717, 1.165) is 49.1 Å². The van der Waals surface area contributed by atoms with Crippen LogP contribution in [0, 0.1) is 13.8 Å². The summed E-state index contributed by atoms with van der Waals surface area (Å²) in [5.74, 6) is 1.73. The van der Waals surface area contributed by atoms with E-state index in [0.29, 0.717) is 12.6 Å². The molecule has 33 heavy (non-hydrogen) atoms. The predicted molar refractivity (Wildman–Crippen MR) is 134 cm³/mol. The average molecular weight is 447 g/mol. The van der Waals surface area contributed by atoms with Crippen molar-refractivity contribution >= 4 is 11.6 Å². The highest BCUT2D eigenvalue weighted by molar-refractivity contribution is 5.80. The molecular formula is C26H34N6O. The maximum Gasteiger partial charge on any atom is 0.191 e. The van der Waals surface area contributed by atoms with Gasteiger partial charge in [0.1, 0.15) is 5.75 Å². The van der Waals surface area contributed by atoms with E-state index in [1.54, 1.807) is 7.11 Å². The Morgan fingerprint density at radius 1 is 1.12 bits per heavy atom. The van der Waals surface area contributed by atoms with E-state index in [-0.39, 0.29) is 0 Å². The van der Waals surface area contributed by atoms with Gasteiger partial charge < -0.3 is 20.3 Å². The molecule has 1 saturated heterocycles. The number of guanidine groups is 1. The average Bonchev–Trinajstić information content (AvgIpc) is 3.41. The van der Waals surface area contributed by atoms with Crippen molar-refractivity contribution in [2.75, 3.05) is 32.1 Å². The van der Waals surface area contributed by atoms with Crippen molar-refractivity contribution in [3.63, 3.8) is 0 Å². The van der Waals surface area contributed by atoms with Crippen LogP contribution in [0.15, 0.2) is 59.6 Å². The molecule has 0 spiro atoms. The minimum atomic E-state index is 0.323. The fourth-order valence-corrected chi connectivity index (χ4v) is 4.45. The topological polar surface area (TPSA) is 66.7 Å². The first-order valence-electron chi connectivity index (χ1n) is 11.5. The van der Waals surface area contributed by atoms with Crippen molar-refractivity contribution in [2.45, 2.75) is 39.4 Å². The first-order chi connectivity index (χ1) is 16.1. The Balaban J connectivity index is 1.35. The SMILES string of the molecule is CN=C(NCc1c(C)nn(Cc2ccccc2)c1C)NC1CCN(c2ccccc2OC)C1. The van der Waals surface area contributed by atoms with E-state index in [9.17, 15) is 0 Å². The summed E-state index contributed by atoms with van der Waals surface area (Å²) < 4.78 is 7.62. The number of methoxy groups -OCH3 is 1. The molecule has 4 rings (SSSR count). The third-order valence-corrected chi connectivity index (χ3v) is 6.32. The molecule has 0 amide bonds. The highest BCUT2D eigenvalue weighted by Crippen LogP contribution is 2.30. The number of anilines is 1. The summed E-state index contributed by atoms with van der Waals surface area (Å²) in [5.41, 5.74) is 5.85. The van der Waals surface area contributed by atoms with E-state index in [4.69, 9.17) is 9.84 Å². The molecule has 0 radical (unpaired) electrons. The number of benzene rings is 2. The Labute approximate surface area is 196 Å². The van der Waals surface area contributed by atoms with E-state index in [1.807, 2.05) is 25.2 Å². The number of ether oxygens (including phenoxy) is 1. The zero-order valence-corrected chi connectivity index (χ0v) is 20.0. The lowest BCUT2D eigenvalue weighted by molar-refractivity contribution is 0.415. The lowest BCUT2D eigenvalue weighted by Crippen LogP contribution is -2.44. The number of rotatable bonds is 7. The van der Waals surface area contributed by atoms with Crippen molar-refractivity contribution in [1.29, 1.82) is 0 Å². The highest BCUT2D eigenvalue weighted by atomic mass is 16.5. The minimum absolute atomic E-state index is 0.323. The summed E-state index contributed by atoms with van der Waals surface area (Å²) >= 11 is 0. The lowest BCUT2D eigenvalue weighted by atomic mass is 10.2. The monoisotopic (exact) mass is 446 g/mol. The molecule has 1 aromatic heterocycles. The number of nitrogens with zero attached hydrogens (tertiary/aromatic N) is 4. The summed E-state index contributed by atoms with van der Waals surface area (Å²) in [6.45, 7) is 7.58. The van der Waals surface area contributed by atoms with Crippen LogP contribution in [0.25, 0.3) is 0 Å². The molecule has 0 saturated carbocycles. The summed E-state index contributed by atoms with van der Waals surface area (Å²) in [6, 6.07) is 19.0. The zero-order valence-electron chi connectivity index (χ0n) is 20.0. The fraction of sp³-hybridized carbons (Fsp3) is 0.385. The number of aryl methyl sites for hydroxylation is 1. The van der Waals surface area contributed by atoms with Crippen LogP contribution in [0.1, 0.15) is 28.9 Å². The number of para-hydroxylation sites is 2. The van der Waals surface area contributed by atoms with Gasteiger partial charge in [-0.3, -0.25) is 9.67 Å². The molecule has 0 bridgehead atoms. The fourth-order valence-electron chi connectivity index (χ4n) is 4.45. The molecule has 2 N–H and O–H groups in total. The van der Waals surface area contributed by atoms with Crippen molar-refractivity contribution in [3.05, 3.63) is 77.1 Å². The van der Waals surface area contributed by atoms with Gasteiger partial charge in [0.05, 0.1) is 25.0 Å². The summed E-state index contributed by atoms with van der Waals surface area (Å²) in [4.78, 5) is 6.82. The minimum Gasteiger partial charge on any atom is -0.495 e. The molecule has 1 aliphatic heterocycles. The van der Waals surface area contributed by atoms with Gasteiger partial charge >= 0.3 is 0 Å². The Hall–Kier alpha value is -3.48. The van der Waals surface area contributed by atoms with Gasteiger partial charge in [0.2, 0.25) is 0 Å². The van der Waals surface area contributed by atoms with E-state index >= 15 is 0 Å². The van der Waals surface area contributed by atoms with Crippen LogP contribution >= 0.6 is 0 Å². The Morgan fingerprint density at radius 3 is 2.64 bits per heavy atom. The molecule has 1 unspecified atom stereocenters. The molecule has 1 atom stereocenters. The molecule has 2 aromatic carbocycles. The number of hydrogen-bond donors (Lipinski definition) is 2. The van der Waals surface area contributed by atoms with Crippen molar-refractivity contribution < 1.29 is 4.74 Å². The second-order valence-electron chi connectivity index (χ2n) is 8.47. The first kappa shape index (κ1) is 22.7. The molecule has 7 heteroatoms. The number of nitrogens with one attached hydrogen (secondary N) is 2. The van der Waals surface area contributed by atoms with Gasteiger partial charge in [-0.1, -0.05) is 42.5 Å². The highest BCUT2D eigenvalue weighted by Gasteiger charge is 2.25. The van der Waals surface area contributed by atoms with Crippen LogP contribution in [0.3, 0.4) is 0 Å². The number of hydrogen-bond acceptors (Lipinski definition) is 4. The second-order valence-corrected chi connectivity index (χ2v) is 8.47. The molecular weight excluding hydrogens is 412 g/mol. The van der Waals surface area contributed by atoms with Crippen LogP contribution in [0.4, 0.5) is 5.69 Å². The Kier molecular flexibility index (Phi) is 7.17. The summed E-state index contributed by atoms with van der Waals surface area (Å²) in [7, 11) is 3.54. The molecule has 174 valence electrons. The molecule has 1 fully saturated rings. The van der Waals surface area contributed by atoms with Gasteiger partial charge in [-0.25, -0.2) is 0 Å². The summed E-state index contributed by atoms with van der Waals surface area (Å²) in [6.07, 6.45) is 1.05. The maximum absolute atomic E-state index is 5.54. The molecule has 1 aliphatic rings. The Bertz CT molecular complexity index is 1090. The van der Waals surface area contributed by atoms with Crippen LogP contribution in [-0.4, -0.2) is 49.0 Å². The molecule has 3 aromatic rings. The van der Waals surface area contributed by atoms with Crippen molar-refractivity contribution in [1.82, 2.24) is 20.4 Å². The van der Waals surface area contributed by atoms with Gasteiger partial charge in [0.25, 0.3) is 0 Å². The van der Waals surface area contributed by atoms with Crippen molar-refractivity contribution in [2.24, 2.45) is 4.99 Å². The lowest BCUT2D eigenvalue weighted by Gasteiger charge is -2.22. The second kappa shape index (κ2) is 10.4. The Morgan fingerprint density at radius 2 is 1.88 bits per heavy atom. The predicted octanol–water partition coefficient (Wildman–Crippen LogP) is 3.50. The van der Waals surface area contributed by atoms with Crippen molar-refractivity contribution in [3.8, 4) is 5.75 Å². The van der Waals surface area contributed by atoms with Gasteiger partial charge in [0, 0.05) is 44.0 Å². The molecule has 7 nitrogen and oxygen atoms in total. The van der Waals surface area contributed by atoms with E-state index in [2.05, 4.69) is 75.5 Å². The van der Waals surface area contributed by atoms with E-state index in [1.165, 1.54) is 16.8 Å². The van der Waals surface area contributed by atoms with Gasteiger partial charge in [-0.05, 0) is 38.0 Å². The van der Waals surface area contributed by atoms with Crippen LogP contribution in [0.5, 0.6) is 5.75 Å². The number of aliphatic imine (C=N–C) groups is 1. The van der Waals surface area contributed by atoms with Gasteiger partial charge in [-0.2, -0.15) is 5.10 Å². The summed E-state index contributed by atoms with van der Waals surface area (Å²) in [5, 5.41) is 11.8. The molecule has 2 heterocycles. The maximum atomic E-state index is 5.54. The van der Waals surface area contributed by atoms with Crippen LogP contribution in [0.2, 0.25) is 0 Å². The van der Waals surface area contributed by atoms with Crippen LogP contribution in [-0.2, 0) is 13.1 Å². The normalized spacial score (nSPS) is 16.2. The quantitative estimate of drug-likeness (QED) is 0.430. The third-order valence-electron chi connectivity index (χ3n) is 6.32. The largest absolute Gasteiger partial charge is 0.495 e. The smallest absolute Gasteiger partial charge is 0.191 e. The first-order valence-corrected chi connectivity index (χ1v) is 11.5. The van der Waals surface area contributed by atoms with Crippen LogP contribution < -0.4 is 20.3 Å². The zero-order chi connectivity index (χ0) is 23.2. The van der Waals surface area contributed by atoms with Gasteiger partial charge in [-0.15, -0.1) is 0 Å². The van der Waals surface area contributed by atoms with E-state index < -0.39 is 0 Å². The third kappa shape index (κ3) is 5.30.